The highest BCUT2D eigenvalue weighted by Gasteiger charge is 2.01. The van der Waals surface area contributed by atoms with Crippen LogP contribution in [0.15, 0.2) is 24.3 Å². The van der Waals surface area contributed by atoms with E-state index in [9.17, 15) is 0 Å². The number of ether oxygens (including phenoxy) is 1. The molecule has 0 fully saturated rings. The highest BCUT2D eigenvalue weighted by molar-refractivity contribution is 5.85. The van der Waals surface area contributed by atoms with Gasteiger partial charge in [-0.1, -0.05) is 12.1 Å². The first-order valence-electron chi connectivity index (χ1n) is 7.05. The van der Waals surface area contributed by atoms with E-state index < -0.39 is 0 Å². The summed E-state index contributed by atoms with van der Waals surface area (Å²) in [6.45, 7) is 9.22. The third kappa shape index (κ3) is 7.10. The van der Waals surface area contributed by atoms with Gasteiger partial charge >= 0.3 is 0 Å². The van der Waals surface area contributed by atoms with E-state index in [0.717, 1.165) is 26.2 Å². The molecule has 0 aliphatic heterocycles. The Morgan fingerprint density at radius 3 is 2.30 bits per heavy atom. The summed E-state index contributed by atoms with van der Waals surface area (Å²) in [5.41, 5.74) is 2.55. The van der Waals surface area contributed by atoms with Crippen LogP contribution in [0.25, 0.3) is 0 Å². The van der Waals surface area contributed by atoms with Crippen molar-refractivity contribution in [2.24, 2.45) is 0 Å². The Morgan fingerprint density at radius 1 is 1.10 bits per heavy atom. The molecule has 20 heavy (non-hydrogen) atoms. The number of aliphatic hydroxyl groups excluding tert-OH is 1. The Bertz CT molecular complexity index is 329. The van der Waals surface area contributed by atoms with E-state index in [2.05, 4.69) is 48.3 Å². The number of benzene rings is 1. The summed E-state index contributed by atoms with van der Waals surface area (Å²) < 4.78 is 5.18. The zero-order valence-electron chi connectivity index (χ0n) is 12.5. The Balaban J connectivity index is 0.00000361. The molecule has 0 unspecified atom stereocenters. The molecule has 0 amide bonds. The van der Waals surface area contributed by atoms with Gasteiger partial charge in [-0.2, -0.15) is 0 Å². The van der Waals surface area contributed by atoms with Gasteiger partial charge in [-0.05, 0) is 31.5 Å². The Kier molecular flexibility index (Phi) is 11.5. The summed E-state index contributed by atoms with van der Waals surface area (Å²) in [5, 5.41) is 11.9. The lowest BCUT2D eigenvalue weighted by atomic mass is 10.2. The number of anilines is 1. The molecule has 0 aliphatic carbocycles. The predicted molar refractivity (Wildman–Crippen MR) is 86.9 cm³/mol. The van der Waals surface area contributed by atoms with Crippen molar-refractivity contribution in [1.82, 2.24) is 5.32 Å². The van der Waals surface area contributed by atoms with Gasteiger partial charge in [0.15, 0.2) is 0 Å². The molecule has 0 bridgehead atoms. The van der Waals surface area contributed by atoms with Gasteiger partial charge in [0.2, 0.25) is 0 Å². The summed E-state index contributed by atoms with van der Waals surface area (Å²) in [5.74, 6) is 0. The molecule has 1 rings (SSSR count). The highest BCUT2D eigenvalue weighted by Crippen LogP contribution is 2.14. The normalized spacial score (nSPS) is 10.2. The minimum Gasteiger partial charge on any atom is -0.394 e. The first-order valence-corrected chi connectivity index (χ1v) is 7.05. The molecule has 0 saturated carbocycles. The number of rotatable bonds is 10. The number of aliphatic hydroxyl groups is 1. The van der Waals surface area contributed by atoms with Gasteiger partial charge in [0.1, 0.15) is 0 Å². The van der Waals surface area contributed by atoms with Gasteiger partial charge in [-0.15, -0.1) is 12.4 Å². The van der Waals surface area contributed by atoms with E-state index in [-0.39, 0.29) is 19.0 Å². The Hall–Kier alpha value is -0.810. The van der Waals surface area contributed by atoms with Crippen LogP contribution in [0.1, 0.15) is 19.4 Å². The first kappa shape index (κ1) is 19.2. The monoisotopic (exact) mass is 302 g/mol. The molecule has 0 spiro atoms. The molecule has 5 heteroatoms. The van der Waals surface area contributed by atoms with E-state index in [1.54, 1.807) is 0 Å². The standard InChI is InChI=1S/C15H26N2O2.ClH/c1-3-17(4-2)15-7-5-14(6-8-15)13-16-9-11-19-12-10-18;/h5-8,16,18H,3-4,9-13H2,1-2H3;1H. The zero-order chi connectivity index (χ0) is 13.9. The molecular formula is C15H27ClN2O2. The van der Waals surface area contributed by atoms with Gasteiger partial charge in [-0.25, -0.2) is 0 Å². The fourth-order valence-electron chi connectivity index (χ4n) is 1.96. The van der Waals surface area contributed by atoms with E-state index in [0.29, 0.717) is 13.2 Å². The lowest BCUT2D eigenvalue weighted by Gasteiger charge is -2.21. The maximum Gasteiger partial charge on any atom is 0.0698 e. The number of nitrogens with zero attached hydrogens (tertiary/aromatic N) is 1. The van der Waals surface area contributed by atoms with Crippen LogP contribution in [0.3, 0.4) is 0 Å². The average molecular weight is 303 g/mol. The number of hydrogen-bond donors (Lipinski definition) is 2. The number of nitrogens with one attached hydrogen (secondary N) is 1. The van der Waals surface area contributed by atoms with Gasteiger partial charge in [0.25, 0.3) is 0 Å². The van der Waals surface area contributed by atoms with Gasteiger partial charge in [0, 0.05) is 31.9 Å². The maximum atomic E-state index is 8.56. The third-order valence-electron chi connectivity index (χ3n) is 3.05. The van der Waals surface area contributed by atoms with Crippen molar-refractivity contribution >= 4 is 18.1 Å². The van der Waals surface area contributed by atoms with Crippen molar-refractivity contribution in [3.63, 3.8) is 0 Å². The second-order valence-corrected chi connectivity index (χ2v) is 4.35. The van der Waals surface area contributed by atoms with Crippen molar-refractivity contribution in [1.29, 1.82) is 0 Å². The van der Waals surface area contributed by atoms with Crippen molar-refractivity contribution in [2.45, 2.75) is 20.4 Å². The largest absolute Gasteiger partial charge is 0.394 e. The molecule has 0 aromatic heterocycles. The lowest BCUT2D eigenvalue weighted by Crippen LogP contribution is -2.22. The van der Waals surface area contributed by atoms with Crippen molar-refractivity contribution < 1.29 is 9.84 Å². The quantitative estimate of drug-likeness (QED) is 0.649. The zero-order valence-corrected chi connectivity index (χ0v) is 13.3. The average Bonchev–Trinajstić information content (AvgIpc) is 2.45. The number of halogens is 1. The van der Waals surface area contributed by atoms with Gasteiger partial charge in [0.05, 0.1) is 19.8 Å². The highest BCUT2D eigenvalue weighted by atomic mass is 35.5. The Labute approximate surface area is 128 Å². The van der Waals surface area contributed by atoms with Crippen LogP contribution in [0.4, 0.5) is 5.69 Å². The molecule has 1 aromatic carbocycles. The van der Waals surface area contributed by atoms with Crippen LogP contribution in [-0.2, 0) is 11.3 Å². The summed E-state index contributed by atoms with van der Waals surface area (Å²) in [7, 11) is 0. The summed E-state index contributed by atoms with van der Waals surface area (Å²) in [4.78, 5) is 2.33. The third-order valence-corrected chi connectivity index (χ3v) is 3.05. The molecule has 0 aliphatic rings. The number of hydrogen-bond acceptors (Lipinski definition) is 4. The topological polar surface area (TPSA) is 44.7 Å². The van der Waals surface area contributed by atoms with Crippen LogP contribution >= 0.6 is 12.4 Å². The summed E-state index contributed by atoms with van der Waals surface area (Å²) >= 11 is 0. The van der Waals surface area contributed by atoms with E-state index in [1.807, 2.05) is 0 Å². The van der Waals surface area contributed by atoms with E-state index >= 15 is 0 Å². The fourth-order valence-corrected chi connectivity index (χ4v) is 1.96. The molecule has 0 radical (unpaired) electrons. The molecule has 116 valence electrons. The van der Waals surface area contributed by atoms with Gasteiger partial charge < -0.3 is 20.1 Å². The van der Waals surface area contributed by atoms with Crippen molar-refractivity contribution in [3.8, 4) is 0 Å². The molecule has 4 nitrogen and oxygen atoms in total. The summed E-state index contributed by atoms with van der Waals surface area (Å²) in [6, 6.07) is 8.67. The van der Waals surface area contributed by atoms with Crippen LogP contribution in [0, 0.1) is 0 Å². The molecule has 0 atom stereocenters. The van der Waals surface area contributed by atoms with Crippen LogP contribution in [0.2, 0.25) is 0 Å². The molecule has 0 heterocycles. The second kappa shape index (κ2) is 12.0. The fraction of sp³-hybridized carbons (Fsp3) is 0.600. The summed E-state index contributed by atoms with van der Waals surface area (Å²) in [6.07, 6.45) is 0. The smallest absolute Gasteiger partial charge is 0.0698 e. The van der Waals surface area contributed by atoms with Crippen molar-refractivity contribution in [3.05, 3.63) is 29.8 Å². The minimum absolute atomic E-state index is 0. The van der Waals surface area contributed by atoms with Crippen LogP contribution in [-0.4, -0.2) is 44.6 Å². The first-order chi connectivity index (χ1) is 9.31. The van der Waals surface area contributed by atoms with Crippen molar-refractivity contribution in [2.75, 3.05) is 44.4 Å². The molecule has 1 aromatic rings. The van der Waals surface area contributed by atoms with Crippen LogP contribution in [0.5, 0.6) is 0 Å². The maximum absolute atomic E-state index is 8.56. The van der Waals surface area contributed by atoms with Gasteiger partial charge in [-0.3, -0.25) is 0 Å². The molecule has 0 saturated heterocycles. The predicted octanol–water partition coefficient (Wildman–Crippen LogP) is 2.05. The van der Waals surface area contributed by atoms with E-state index in [1.165, 1.54) is 11.3 Å². The molecular weight excluding hydrogens is 276 g/mol. The Morgan fingerprint density at radius 2 is 1.75 bits per heavy atom. The lowest BCUT2D eigenvalue weighted by molar-refractivity contribution is 0.0938. The SMILES string of the molecule is CCN(CC)c1ccc(CNCCOCCO)cc1.Cl. The molecule has 2 N–H and O–H groups in total. The minimum atomic E-state index is 0. The van der Waals surface area contributed by atoms with Crippen LogP contribution < -0.4 is 10.2 Å². The second-order valence-electron chi connectivity index (χ2n) is 4.35. The van der Waals surface area contributed by atoms with E-state index in [4.69, 9.17) is 9.84 Å².